The fourth-order valence-electron chi connectivity index (χ4n) is 1.55. The lowest BCUT2D eigenvalue weighted by Gasteiger charge is -2.10. The second-order valence-corrected chi connectivity index (χ2v) is 4.75. The molecule has 0 saturated carbocycles. The molecule has 0 radical (unpaired) electrons. The third-order valence-corrected chi connectivity index (χ3v) is 2.72. The van der Waals surface area contributed by atoms with Crippen molar-refractivity contribution in [2.75, 3.05) is 12.1 Å². The van der Waals surface area contributed by atoms with Crippen LogP contribution in [0.3, 0.4) is 0 Å². The molecule has 0 fully saturated rings. The second kappa shape index (κ2) is 5.34. The lowest BCUT2D eigenvalue weighted by atomic mass is 10.4. The Morgan fingerprint density at radius 2 is 2.33 bits per heavy atom. The van der Waals surface area contributed by atoms with E-state index >= 15 is 0 Å². The Balaban J connectivity index is 2.12. The lowest BCUT2D eigenvalue weighted by molar-refractivity contribution is 0.0847. The molecule has 3 N–H and O–H groups in total. The third-order valence-electron chi connectivity index (χ3n) is 2.35. The number of nitrogens with two attached hydrogens (primary N) is 1. The summed E-state index contributed by atoms with van der Waals surface area (Å²) in [5, 5.41) is 0. The molecule has 2 heterocycles. The maximum Gasteiger partial charge on any atom is 0.534 e. The Morgan fingerprint density at radius 3 is 3.06 bits per heavy atom. The van der Waals surface area contributed by atoms with Gasteiger partial charge in [-0.2, -0.15) is 4.89 Å². The molecule has 0 aromatic carbocycles. The number of imidazole rings is 1. The van der Waals surface area contributed by atoms with E-state index in [-0.39, 0.29) is 12.5 Å². The highest BCUT2D eigenvalue weighted by molar-refractivity contribution is 7.37. The molecule has 2 atom stereocenters. The predicted octanol–water partition coefficient (Wildman–Crippen LogP) is 0.506. The number of nitrogens with zero attached hydrogens (tertiary/aromatic N) is 4. The summed E-state index contributed by atoms with van der Waals surface area (Å²) in [6.45, 7) is 2.27. The minimum Gasteiger partial charge on any atom is -0.382 e. The summed E-state index contributed by atoms with van der Waals surface area (Å²) in [7, 11) is -2.28. The Bertz CT molecular complexity index is 572. The van der Waals surface area contributed by atoms with Crippen LogP contribution in [0.25, 0.3) is 11.2 Å². The third kappa shape index (κ3) is 2.79. The van der Waals surface area contributed by atoms with Crippen LogP contribution in [-0.4, -0.2) is 36.9 Å². The molecule has 0 aliphatic carbocycles. The predicted molar refractivity (Wildman–Crippen MR) is 65.0 cm³/mol. The van der Waals surface area contributed by atoms with Crippen molar-refractivity contribution in [3.63, 3.8) is 0 Å². The summed E-state index contributed by atoms with van der Waals surface area (Å²) in [6.07, 6.45) is 2.55. The summed E-state index contributed by atoms with van der Waals surface area (Å²) in [5.41, 5.74) is 6.83. The number of hydrogen-bond acceptors (Lipinski definition) is 6. The first-order valence-electron chi connectivity index (χ1n) is 5.24. The van der Waals surface area contributed by atoms with Crippen molar-refractivity contribution in [2.24, 2.45) is 0 Å². The smallest absolute Gasteiger partial charge is 0.382 e. The fourth-order valence-corrected chi connectivity index (χ4v) is 1.94. The van der Waals surface area contributed by atoms with Gasteiger partial charge in [0.25, 0.3) is 6.35 Å². The van der Waals surface area contributed by atoms with Crippen molar-refractivity contribution in [1.82, 2.24) is 19.5 Å². The maximum atomic E-state index is 10.5. The molecule has 9 heteroatoms. The molecule has 2 rings (SSSR count). The lowest BCUT2D eigenvalue weighted by Crippen LogP contribution is -2.16. The largest absolute Gasteiger partial charge is 0.534 e. The van der Waals surface area contributed by atoms with Crippen LogP contribution in [0.5, 0.6) is 0 Å². The van der Waals surface area contributed by atoms with Crippen molar-refractivity contribution in [2.45, 2.75) is 19.6 Å². The highest BCUT2D eigenvalue weighted by atomic mass is 31.1. The van der Waals surface area contributed by atoms with E-state index in [1.54, 1.807) is 17.8 Å². The number of anilines is 1. The van der Waals surface area contributed by atoms with E-state index in [0.717, 1.165) is 0 Å². The van der Waals surface area contributed by atoms with Crippen LogP contribution < -0.4 is 5.73 Å². The quantitative estimate of drug-likeness (QED) is 0.760. The van der Waals surface area contributed by atoms with E-state index in [0.29, 0.717) is 23.5 Å². The standard InChI is InChI=1S/C9H12N5O3P/c1-6(17-5-18(15)16)2-14-4-13-7-8(10)11-3-12-9(7)14/h3-4,6H,2,5H2,1H3,(H2-,10,11,12,15,16)/p+1/t6-/m1/s1. The minimum atomic E-state index is -2.28. The molecule has 0 aliphatic heterocycles. The molecule has 0 aliphatic rings. The Morgan fingerprint density at radius 1 is 1.56 bits per heavy atom. The van der Waals surface area contributed by atoms with Crippen molar-refractivity contribution in [3.05, 3.63) is 12.7 Å². The molecular formula is C9H13N5O3P+. The number of aromatic nitrogens is 4. The molecule has 2 aromatic rings. The van der Waals surface area contributed by atoms with E-state index in [2.05, 4.69) is 15.0 Å². The molecular weight excluding hydrogens is 257 g/mol. The van der Waals surface area contributed by atoms with Crippen LogP contribution in [0.2, 0.25) is 0 Å². The molecule has 0 bridgehead atoms. The average Bonchev–Trinajstić information content (AvgIpc) is 2.72. The Kier molecular flexibility index (Phi) is 3.81. The zero-order valence-electron chi connectivity index (χ0n) is 9.72. The van der Waals surface area contributed by atoms with Gasteiger partial charge in [0.2, 0.25) is 0 Å². The van der Waals surface area contributed by atoms with Crippen molar-refractivity contribution in [1.29, 1.82) is 0 Å². The maximum absolute atomic E-state index is 10.5. The number of rotatable bonds is 5. The monoisotopic (exact) mass is 270 g/mol. The molecule has 96 valence electrons. The first-order valence-corrected chi connectivity index (χ1v) is 6.64. The molecule has 0 saturated heterocycles. The summed E-state index contributed by atoms with van der Waals surface area (Å²) < 4.78 is 17.5. The van der Waals surface area contributed by atoms with Crippen LogP contribution >= 0.6 is 8.03 Å². The normalized spacial score (nSPS) is 13.8. The topological polar surface area (TPSA) is 116 Å². The van der Waals surface area contributed by atoms with Gasteiger partial charge < -0.3 is 15.0 Å². The summed E-state index contributed by atoms with van der Waals surface area (Å²) in [6, 6.07) is 0. The van der Waals surface area contributed by atoms with Gasteiger partial charge >= 0.3 is 8.03 Å². The van der Waals surface area contributed by atoms with Gasteiger partial charge in [0.05, 0.1) is 19.0 Å². The second-order valence-electron chi connectivity index (χ2n) is 3.79. The molecule has 0 amide bonds. The molecule has 0 spiro atoms. The van der Waals surface area contributed by atoms with Crippen molar-refractivity contribution < 1.29 is 14.2 Å². The van der Waals surface area contributed by atoms with E-state index in [9.17, 15) is 4.57 Å². The summed E-state index contributed by atoms with van der Waals surface area (Å²) in [5.74, 6) is 0.325. The van der Waals surface area contributed by atoms with E-state index in [1.165, 1.54) is 6.33 Å². The van der Waals surface area contributed by atoms with Gasteiger partial charge in [0.15, 0.2) is 11.5 Å². The van der Waals surface area contributed by atoms with Crippen LogP contribution in [0.1, 0.15) is 6.92 Å². The summed E-state index contributed by atoms with van der Waals surface area (Å²) in [4.78, 5) is 20.7. The molecule has 8 nitrogen and oxygen atoms in total. The van der Waals surface area contributed by atoms with Crippen LogP contribution in [0, 0.1) is 0 Å². The Hall–Kier alpha value is -1.63. The first kappa shape index (κ1) is 12.8. The van der Waals surface area contributed by atoms with E-state index in [4.69, 9.17) is 15.4 Å². The van der Waals surface area contributed by atoms with Gasteiger partial charge in [0, 0.05) is 0 Å². The van der Waals surface area contributed by atoms with Gasteiger partial charge in [-0.05, 0) is 11.5 Å². The first-order chi connectivity index (χ1) is 8.58. The zero-order chi connectivity index (χ0) is 13.1. The van der Waals surface area contributed by atoms with Gasteiger partial charge in [0.1, 0.15) is 11.8 Å². The number of nitrogen functional groups attached to an aromatic ring is 1. The van der Waals surface area contributed by atoms with Crippen LogP contribution in [-0.2, 0) is 15.8 Å². The Labute approximate surface area is 104 Å². The zero-order valence-corrected chi connectivity index (χ0v) is 10.6. The minimum absolute atomic E-state index is 0.180. The van der Waals surface area contributed by atoms with Gasteiger partial charge in [-0.15, -0.1) is 0 Å². The SMILES string of the molecule is C[C@H](Cn1cnc2c(N)ncnc21)OC[P+](=O)O. The van der Waals surface area contributed by atoms with Crippen LogP contribution in [0.4, 0.5) is 5.82 Å². The van der Waals surface area contributed by atoms with Gasteiger partial charge in [-0.1, -0.05) is 0 Å². The van der Waals surface area contributed by atoms with E-state index in [1.807, 2.05) is 0 Å². The number of hydrogen-bond donors (Lipinski definition) is 2. The average molecular weight is 270 g/mol. The van der Waals surface area contributed by atoms with Crippen molar-refractivity contribution >= 4 is 25.0 Å². The fraction of sp³-hybridized carbons (Fsp3) is 0.444. The molecule has 18 heavy (non-hydrogen) atoms. The number of fused-ring (bicyclic) bond motifs is 1. The van der Waals surface area contributed by atoms with Gasteiger partial charge in [-0.3, -0.25) is 0 Å². The van der Waals surface area contributed by atoms with Crippen molar-refractivity contribution in [3.8, 4) is 0 Å². The van der Waals surface area contributed by atoms with Crippen LogP contribution in [0.15, 0.2) is 12.7 Å². The van der Waals surface area contributed by atoms with E-state index < -0.39 is 8.03 Å². The molecule has 2 aromatic heterocycles. The highest BCUT2D eigenvalue weighted by Gasteiger charge is 2.15. The number of ether oxygens (including phenoxy) is 1. The highest BCUT2D eigenvalue weighted by Crippen LogP contribution is 2.17. The molecule has 1 unspecified atom stereocenters. The summed E-state index contributed by atoms with van der Waals surface area (Å²) >= 11 is 0. The van der Waals surface area contributed by atoms with Gasteiger partial charge in [-0.25, -0.2) is 15.0 Å².